The van der Waals surface area contributed by atoms with E-state index in [4.69, 9.17) is 5.73 Å². The van der Waals surface area contributed by atoms with Crippen LogP contribution in [0.5, 0.6) is 0 Å². The van der Waals surface area contributed by atoms with E-state index in [1.165, 1.54) is 4.88 Å². The zero-order valence-corrected chi connectivity index (χ0v) is 12.3. The molecule has 4 nitrogen and oxygen atoms in total. The SMILES string of the molecule is Cc1nc(CC(N)c2cnc3ccccc3n2)sc1C. The molecular formula is C15H16N4S. The highest BCUT2D eigenvalue weighted by atomic mass is 32.1. The number of hydrogen-bond acceptors (Lipinski definition) is 5. The van der Waals surface area contributed by atoms with Crippen molar-refractivity contribution in [1.82, 2.24) is 15.0 Å². The fourth-order valence-electron chi connectivity index (χ4n) is 2.07. The highest BCUT2D eigenvalue weighted by Gasteiger charge is 2.13. The minimum atomic E-state index is -0.169. The number of nitrogens with zero attached hydrogens (tertiary/aromatic N) is 3. The van der Waals surface area contributed by atoms with Gasteiger partial charge in [-0.05, 0) is 26.0 Å². The van der Waals surface area contributed by atoms with Gasteiger partial charge in [-0.25, -0.2) is 9.97 Å². The molecule has 5 heteroatoms. The van der Waals surface area contributed by atoms with Gasteiger partial charge in [0.1, 0.15) is 0 Å². The Labute approximate surface area is 121 Å². The number of fused-ring (bicyclic) bond motifs is 1. The van der Waals surface area contributed by atoms with Crippen LogP contribution in [0, 0.1) is 13.8 Å². The number of hydrogen-bond donors (Lipinski definition) is 1. The predicted octanol–water partition coefficient (Wildman–Crippen LogP) is 2.95. The number of benzene rings is 1. The third-order valence-corrected chi connectivity index (χ3v) is 4.41. The zero-order valence-electron chi connectivity index (χ0n) is 11.5. The van der Waals surface area contributed by atoms with Gasteiger partial charge in [-0.15, -0.1) is 11.3 Å². The summed E-state index contributed by atoms with van der Waals surface area (Å²) in [6.45, 7) is 4.11. The van der Waals surface area contributed by atoms with Crippen molar-refractivity contribution in [2.75, 3.05) is 0 Å². The molecular weight excluding hydrogens is 268 g/mol. The van der Waals surface area contributed by atoms with E-state index < -0.39 is 0 Å². The molecule has 2 aromatic heterocycles. The van der Waals surface area contributed by atoms with Crippen molar-refractivity contribution in [2.45, 2.75) is 26.3 Å². The Bertz CT molecular complexity index is 731. The second-order valence-corrected chi connectivity index (χ2v) is 6.13. The van der Waals surface area contributed by atoms with Crippen LogP contribution in [0.15, 0.2) is 30.5 Å². The molecule has 0 spiro atoms. The van der Waals surface area contributed by atoms with E-state index in [2.05, 4.69) is 21.9 Å². The molecule has 0 fully saturated rings. The first-order valence-electron chi connectivity index (χ1n) is 6.53. The predicted molar refractivity (Wildman–Crippen MR) is 81.8 cm³/mol. The lowest BCUT2D eigenvalue weighted by Crippen LogP contribution is -2.15. The molecule has 102 valence electrons. The number of para-hydroxylation sites is 2. The summed E-state index contributed by atoms with van der Waals surface area (Å²) in [5.41, 5.74) is 9.92. The van der Waals surface area contributed by atoms with Crippen LogP contribution in [-0.2, 0) is 6.42 Å². The molecule has 3 rings (SSSR count). The second kappa shape index (κ2) is 5.26. The van der Waals surface area contributed by atoms with E-state index in [-0.39, 0.29) is 6.04 Å². The molecule has 1 atom stereocenters. The lowest BCUT2D eigenvalue weighted by atomic mass is 10.1. The largest absolute Gasteiger partial charge is 0.322 e. The van der Waals surface area contributed by atoms with Crippen LogP contribution in [0.4, 0.5) is 0 Å². The van der Waals surface area contributed by atoms with Gasteiger partial charge in [-0.1, -0.05) is 12.1 Å². The molecule has 1 unspecified atom stereocenters. The summed E-state index contributed by atoms with van der Waals surface area (Å²) >= 11 is 1.70. The Morgan fingerprint density at radius 1 is 1.15 bits per heavy atom. The van der Waals surface area contributed by atoms with Gasteiger partial charge < -0.3 is 5.73 Å². The van der Waals surface area contributed by atoms with Crippen molar-refractivity contribution in [2.24, 2.45) is 5.73 Å². The van der Waals surface area contributed by atoms with Crippen LogP contribution < -0.4 is 5.73 Å². The molecule has 3 aromatic rings. The topological polar surface area (TPSA) is 64.7 Å². The molecule has 0 bridgehead atoms. The molecule has 0 aliphatic carbocycles. The van der Waals surface area contributed by atoms with Crippen molar-refractivity contribution in [1.29, 1.82) is 0 Å². The van der Waals surface area contributed by atoms with Crippen molar-refractivity contribution in [3.63, 3.8) is 0 Å². The van der Waals surface area contributed by atoms with Crippen molar-refractivity contribution in [3.05, 3.63) is 51.7 Å². The number of aryl methyl sites for hydroxylation is 2. The van der Waals surface area contributed by atoms with Gasteiger partial charge >= 0.3 is 0 Å². The highest BCUT2D eigenvalue weighted by molar-refractivity contribution is 7.11. The summed E-state index contributed by atoms with van der Waals surface area (Å²) in [7, 11) is 0. The average molecular weight is 284 g/mol. The maximum absolute atomic E-state index is 6.24. The highest BCUT2D eigenvalue weighted by Crippen LogP contribution is 2.22. The molecule has 0 amide bonds. The molecule has 0 saturated carbocycles. The second-order valence-electron chi connectivity index (χ2n) is 4.84. The Morgan fingerprint density at radius 3 is 2.60 bits per heavy atom. The molecule has 0 radical (unpaired) electrons. The third-order valence-electron chi connectivity index (χ3n) is 3.31. The summed E-state index contributed by atoms with van der Waals surface area (Å²) in [6.07, 6.45) is 2.46. The standard InChI is InChI=1S/C15H16N4S/c1-9-10(2)20-15(18-9)7-11(16)14-8-17-12-5-3-4-6-13(12)19-14/h3-6,8,11H,7,16H2,1-2H3. The Morgan fingerprint density at radius 2 is 1.90 bits per heavy atom. The van der Waals surface area contributed by atoms with Gasteiger partial charge in [0.05, 0.1) is 39.7 Å². The fourth-order valence-corrected chi connectivity index (χ4v) is 3.06. The van der Waals surface area contributed by atoms with Crippen molar-refractivity contribution in [3.8, 4) is 0 Å². The van der Waals surface area contributed by atoms with Crippen LogP contribution >= 0.6 is 11.3 Å². The van der Waals surface area contributed by atoms with Crippen LogP contribution in [0.1, 0.15) is 27.3 Å². The van der Waals surface area contributed by atoms with Crippen LogP contribution in [0.3, 0.4) is 0 Å². The minimum Gasteiger partial charge on any atom is -0.322 e. The normalized spacial score (nSPS) is 12.8. The van der Waals surface area contributed by atoms with Gasteiger partial charge in [0.25, 0.3) is 0 Å². The monoisotopic (exact) mass is 284 g/mol. The molecule has 20 heavy (non-hydrogen) atoms. The number of aromatic nitrogens is 3. The number of nitrogens with two attached hydrogens (primary N) is 1. The third kappa shape index (κ3) is 2.55. The minimum absolute atomic E-state index is 0.169. The molecule has 2 N–H and O–H groups in total. The molecule has 2 heterocycles. The lowest BCUT2D eigenvalue weighted by Gasteiger charge is -2.09. The van der Waals surface area contributed by atoms with E-state index in [1.54, 1.807) is 17.5 Å². The van der Waals surface area contributed by atoms with Gasteiger partial charge in [0, 0.05) is 11.3 Å². The molecule has 0 aliphatic rings. The van der Waals surface area contributed by atoms with Crippen molar-refractivity contribution >= 4 is 22.4 Å². The Hall–Kier alpha value is -1.85. The van der Waals surface area contributed by atoms with Gasteiger partial charge in [-0.2, -0.15) is 0 Å². The number of rotatable bonds is 3. The quantitative estimate of drug-likeness (QED) is 0.803. The van der Waals surface area contributed by atoms with Crippen molar-refractivity contribution < 1.29 is 0 Å². The zero-order chi connectivity index (χ0) is 14.1. The maximum atomic E-state index is 6.24. The van der Waals surface area contributed by atoms with Gasteiger partial charge in [-0.3, -0.25) is 4.98 Å². The summed E-state index contributed by atoms with van der Waals surface area (Å²) < 4.78 is 0. The van der Waals surface area contributed by atoms with Crippen LogP contribution in [0.25, 0.3) is 11.0 Å². The summed E-state index contributed by atoms with van der Waals surface area (Å²) in [4.78, 5) is 14.8. The summed E-state index contributed by atoms with van der Waals surface area (Å²) in [5, 5.41) is 1.06. The van der Waals surface area contributed by atoms with E-state index in [0.717, 1.165) is 27.4 Å². The first kappa shape index (κ1) is 13.1. The van der Waals surface area contributed by atoms with E-state index in [1.807, 2.05) is 31.2 Å². The molecule has 1 aromatic carbocycles. The summed E-state index contributed by atoms with van der Waals surface area (Å²) in [5.74, 6) is 0. The lowest BCUT2D eigenvalue weighted by molar-refractivity contribution is 0.692. The Kier molecular flexibility index (Phi) is 3.46. The fraction of sp³-hybridized carbons (Fsp3) is 0.267. The smallest absolute Gasteiger partial charge is 0.0950 e. The van der Waals surface area contributed by atoms with Crippen LogP contribution in [0.2, 0.25) is 0 Å². The molecule has 0 saturated heterocycles. The van der Waals surface area contributed by atoms with Crippen LogP contribution in [-0.4, -0.2) is 15.0 Å². The van der Waals surface area contributed by atoms with Gasteiger partial charge in [0.15, 0.2) is 0 Å². The van der Waals surface area contributed by atoms with E-state index in [9.17, 15) is 0 Å². The van der Waals surface area contributed by atoms with E-state index >= 15 is 0 Å². The average Bonchev–Trinajstić information content (AvgIpc) is 2.76. The number of thiazole rings is 1. The Balaban J connectivity index is 1.86. The summed E-state index contributed by atoms with van der Waals surface area (Å²) in [6, 6.07) is 7.65. The first-order valence-corrected chi connectivity index (χ1v) is 7.35. The molecule has 0 aliphatic heterocycles. The van der Waals surface area contributed by atoms with Gasteiger partial charge in [0.2, 0.25) is 0 Å². The van der Waals surface area contributed by atoms with E-state index in [0.29, 0.717) is 6.42 Å². The first-order chi connectivity index (χ1) is 9.63. The maximum Gasteiger partial charge on any atom is 0.0950 e.